The van der Waals surface area contributed by atoms with Crippen molar-refractivity contribution < 1.29 is 4.42 Å². The molecule has 1 heterocycles. The Morgan fingerprint density at radius 2 is 2.33 bits per heavy atom. The summed E-state index contributed by atoms with van der Waals surface area (Å²) in [5, 5.41) is 0. The van der Waals surface area contributed by atoms with Crippen LogP contribution in [0.3, 0.4) is 0 Å². The Labute approximate surface area is 90.3 Å². The van der Waals surface area contributed by atoms with Gasteiger partial charge >= 0.3 is 0 Å². The van der Waals surface area contributed by atoms with Crippen molar-refractivity contribution in [2.24, 2.45) is 5.84 Å². The smallest absolute Gasteiger partial charge is 0.129 e. The monoisotopic (exact) mass is 206 g/mol. The highest BCUT2D eigenvalue weighted by Gasteiger charge is 2.20. The number of hydrogen-bond acceptors (Lipinski definition) is 3. The Hall–Kier alpha value is -1.06. The lowest BCUT2D eigenvalue weighted by atomic mass is 9.92. The molecule has 0 fully saturated rings. The highest BCUT2D eigenvalue weighted by Crippen LogP contribution is 2.31. The average molecular weight is 206 g/mol. The third-order valence-corrected chi connectivity index (χ3v) is 3.03. The van der Waals surface area contributed by atoms with Crippen molar-refractivity contribution >= 4 is 0 Å². The number of aryl methyl sites for hydroxylation is 1. The second-order valence-corrected chi connectivity index (χ2v) is 4.09. The molecule has 1 aromatic rings. The summed E-state index contributed by atoms with van der Waals surface area (Å²) in [6, 6.07) is 2.03. The van der Waals surface area contributed by atoms with Crippen LogP contribution in [0.25, 0.3) is 0 Å². The van der Waals surface area contributed by atoms with Crippen LogP contribution in [0.4, 0.5) is 0 Å². The summed E-state index contributed by atoms with van der Waals surface area (Å²) in [5.41, 5.74) is 5.37. The Kier molecular flexibility index (Phi) is 3.23. The van der Waals surface area contributed by atoms with Crippen molar-refractivity contribution in [3.05, 3.63) is 35.3 Å². The molecule has 0 saturated carbocycles. The summed E-state index contributed by atoms with van der Waals surface area (Å²) in [7, 11) is 0. The second kappa shape index (κ2) is 4.64. The van der Waals surface area contributed by atoms with E-state index < -0.39 is 0 Å². The van der Waals surface area contributed by atoms with E-state index in [0.29, 0.717) is 0 Å². The molecular formula is C12H18N2O. The number of rotatable bonds is 3. The van der Waals surface area contributed by atoms with E-state index in [1.54, 1.807) is 6.26 Å². The molecule has 0 aromatic carbocycles. The van der Waals surface area contributed by atoms with Crippen molar-refractivity contribution in [2.45, 2.75) is 38.6 Å². The van der Waals surface area contributed by atoms with Gasteiger partial charge in [0.25, 0.3) is 0 Å². The van der Waals surface area contributed by atoms with Crippen molar-refractivity contribution in [3.63, 3.8) is 0 Å². The molecule has 0 radical (unpaired) electrons. The van der Waals surface area contributed by atoms with Gasteiger partial charge < -0.3 is 4.42 Å². The van der Waals surface area contributed by atoms with Crippen molar-refractivity contribution in [3.8, 4) is 0 Å². The van der Waals surface area contributed by atoms with Gasteiger partial charge in [0.15, 0.2) is 0 Å². The highest BCUT2D eigenvalue weighted by molar-refractivity contribution is 5.27. The molecule has 3 nitrogen and oxygen atoms in total. The lowest BCUT2D eigenvalue weighted by molar-refractivity contribution is 0.433. The lowest BCUT2D eigenvalue weighted by Crippen LogP contribution is -2.30. The Morgan fingerprint density at radius 1 is 1.47 bits per heavy atom. The van der Waals surface area contributed by atoms with E-state index in [0.717, 1.165) is 24.2 Å². The van der Waals surface area contributed by atoms with E-state index in [1.165, 1.54) is 18.4 Å². The maximum absolute atomic E-state index is 5.61. The maximum atomic E-state index is 5.61. The largest absolute Gasteiger partial charge is 0.467 e. The molecule has 0 saturated heterocycles. The molecule has 2 rings (SSSR count). The average Bonchev–Trinajstić information content (AvgIpc) is 2.68. The van der Waals surface area contributed by atoms with Gasteiger partial charge in [-0.1, -0.05) is 6.08 Å². The van der Waals surface area contributed by atoms with E-state index in [9.17, 15) is 0 Å². The van der Waals surface area contributed by atoms with Gasteiger partial charge in [0.05, 0.1) is 6.26 Å². The molecule has 3 heteroatoms. The Balaban J connectivity index is 2.24. The predicted octanol–water partition coefficient (Wildman–Crippen LogP) is 2.59. The highest BCUT2D eigenvalue weighted by atomic mass is 16.3. The zero-order valence-electron chi connectivity index (χ0n) is 9.12. The van der Waals surface area contributed by atoms with Crippen LogP contribution in [0.5, 0.6) is 0 Å². The van der Waals surface area contributed by atoms with Crippen LogP contribution < -0.4 is 11.3 Å². The fourth-order valence-corrected chi connectivity index (χ4v) is 2.16. The zero-order chi connectivity index (χ0) is 10.7. The first-order valence-corrected chi connectivity index (χ1v) is 5.52. The van der Waals surface area contributed by atoms with Gasteiger partial charge in [0.1, 0.15) is 11.8 Å². The Bertz CT molecular complexity index is 354. The van der Waals surface area contributed by atoms with Crippen LogP contribution in [0.1, 0.15) is 43.0 Å². The predicted molar refractivity (Wildman–Crippen MR) is 60.1 cm³/mol. The van der Waals surface area contributed by atoms with E-state index in [1.807, 2.05) is 13.0 Å². The van der Waals surface area contributed by atoms with Gasteiger partial charge in [0, 0.05) is 0 Å². The fourth-order valence-electron chi connectivity index (χ4n) is 2.16. The number of nitrogens with two attached hydrogens (primary N) is 1. The van der Waals surface area contributed by atoms with Gasteiger partial charge in [-0.3, -0.25) is 5.84 Å². The van der Waals surface area contributed by atoms with Crippen LogP contribution in [-0.4, -0.2) is 0 Å². The van der Waals surface area contributed by atoms with Crippen LogP contribution in [0.2, 0.25) is 0 Å². The van der Waals surface area contributed by atoms with E-state index in [2.05, 4.69) is 11.5 Å². The summed E-state index contributed by atoms with van der Waals surface area (Å²) in [6.45, 7) is 2.05. The molecule has 0 aliphatic heterocycles. The minimum absolute atomic E-state index is 0.0558. The molecule has 1 atom stereocenters. The number of nitrogens with one attached hydrogen (secondary N) is 1. The van der Waals surface area contributed by atoms with Gasteiger partial charge in [0.2, 0.25) is 0 Å². The topological polar surface area (TPSA) is 51.2 Å². The molecule has 82 valence electrons. The van der Waals surface area contributed by atoms with Gasteiger partial charge in [-0.15, -0.1) is 0 Å². The SMILES string of the molecule is Cc1ccoc1C(NN)C1=CCCCC1. The molecule has 1 aromatic heterocycles. The van der Waals surface area contributed by atoms with Crippen molar-refractivity contribution in [2.75, 3.05) is 0 Å². The van der Waals surface area contributed by atoms with E-state index >= 15 is 0 Å². The van der Waals surface area contributed by atoms with Crippen molar-refractivity contribution in [1.29, 1.82) is 0 Å². The lowest BCUT2D eigenvalue weighted by Gasteiger charge is -2.21. The summed E-state index contributed by atoms with van der Waals surface area (Å²) < 4.78 is 5.49. The first-order chi connectivity index (χ1) is 7.33. The number of allylic oxidation sites excluding steroid dienone is 1. The maximum Gasteiger partial charge on any atom is 0.129 e. The number of furan rings is 1. The Morgan fingerprint density at radius 3 is 2.87 bits per heavy atom. The summed E-state index contributed by atoms with van der Waals surface area (Å²) in [6.07, 6.45) is 8.83. The third-order valence-electron chi connectivity index (χ3n) is 3.03. The van der Waals surface area contributed by atoms with Crippen LogP contribution in [0, 0.1) is 6.92 Å². The van der Waals surface area contributed by atoms with Gasteiger partial charge in [-0.25, -0.2) is 5.43 Å². The second-order valence-electron chi connectivity index (χ2n) is 4.09. The molecule has 15 heavy (non-hydrogen) atoms. The first kappa shape index (κ1) is 10.5. The first-order valence-electron chi connectivity index (χ1n) is 5.52. The van der Waals surface area contributed by atoms with Crippen LogP contribution >= 0.6 is 0 Å². The van der Waals surface area contributed by atoms with Gasteiger partial charge in [-0.05, 0) is 49.8 Å². The number of hydrazine groups is 1. The standard InChI is InChI=1S/C12H18N2O/c1-9-7-8-15-12(9)11(14-13)10-5-3-2-4-6-10/h5,7-8,11,14H,2-4,6,13H2,1H3. The number of hydrogen-bond donors (Lipinski definition) is 2. The van der Waals surface area contributed by atoms with E-state index in [4.69, 9.17) is 10.3 Å². The zero-order valence-corrected chi connectivity index (χ0v) is 9.12. The fraction of sp³-hybridized carbons (Fsp3) is 0.500. The molecule has 1 unspecified atom stereocenters. The molecule has 0 bridgehead atoms. The molecule has 0 amide bonds. The molecule has 1 aliphatic rings. The third kappa shape index (κ3) is 2.13. The molecule has 0 spiro atoms. The van der Waals surface area contributed by atoms with Crippen LogP contribution in [-0.2, 0) is 0 Å². The minimum Gasteiger partial charge on any atom is -0.467 e. The quantitative estimate of drug-likeness (QED) is 0.454. The molecular weight excluding hydrogens is 188 g/mol. The minimum atomic E-state index is 0.0558. The van der Waals surface area contributed by atoms with Gasteiger partial charge in [-0.2, -0.15) is 0 Å². The summed E-state index contributed by atoms with van der Waals surface area (Å²) >= 11 is 0. The molecule has 3 N–H and O–H groups in total. The van der Waals surface area contributed by atoms with Crippen LogP contribution in [0.15, 0.2) is 28.4 Å². The van der Waals surface area contributed by atoms with Crippen molar-refractivity contribution in [1.82, 2.24) is 5.43 Å². The summed E-state index contributed by atoms with van der Waals surface area (Å²) in [5.74, 6) is 6.56. The molecule has 1 aliphatic carbocycles. The van der Waals surface area contributed by atoms with E-state index in [-0.39, 0.29) is 6.04 Å². The summed E-state index contributed by atoms with van der Waals surface area (Å²) in [4.78, 5) is 0. The normalized spacial score (nSPS) is 18.7.